The van der Waals surface area contributed by atoms with E-state index in [4.69, 9.17) is 21.1 Å². The Kier molecular flexibility index (Phi) is 4.23. The van der Waals surface area contributed by atoms with E-state index in [2.05, 4.69) is 0 Å². The molecule has 0 aromatic heterocycles. The maximum Gasteiger partial charge on any atom is 0.266 e. The number of hydrogen-bond donors (Lipinski definition) is 2. The molecule has 3 unspecified atom stereocenters. The van der Waals surface area contributed by atoms with Gasteiger partial charge in [-0.3, -0.25) is 9.52 Å². The Balaban J connectivity index is 1.50. The third-order valence-corrected chi connectivity index (χ3v) is 7.10. The van der Waals surface area contributed by atoms with E-state index in [9.17, 15) is 13.4 Å². The molecule has 0 spiro atoms. The lowest BCUT2D eigenvalue weighted by molar-refractivity contribution is 0.0976. The minimum absolute atomic E-state index is 0.137. The van der Waals surface area contributed by atoms with Crippen LogP contribution < -0.4 is 9.46 Å². The zero-order chi connectivity index (χ0) is 18.7. The third kappa shape index (κ3) is 3.20. The van der Waals surface area contributed by atoms with Crippen LogP contribution in [-0.4, -0.2) is 23.0 Å². The Morgan fingerprint density at radius 3 is 2.65 bits per heavy atom. The second-order valence-electron chi connectivity index (χ2n) is 8.23. The summed E-state index contributed by atoms with van der Waals surface area (Å²) in [7, 11) is -3.28. The Morgan fingerprint density at radius 1 is 1.38 bits per heavy atom. The average molecular weight is 401 g/mol. The zero-order valence-corrected chi connectivity index (χ0v) is 16.1. The number of halogens is 2. The summed E-state index contributed by atoms with van der Waals surface area (Å²) in [6.07, 6.45) is 7.32. The van der Waals surface area contributed by atoms with Crippen molar-refractivity contribution in [2.45, 2.75) is 32.1 Å². The van der Waals surface area contributed by atoms with Gasteiger partial charge in [0.15, 0.2) is 0 Å². The number of ether oxygens (including phenoxy) is 1. The molecule has 4 aliphatic carbocycles. The van der Waals surface area contributed by atoms with Crippen LogP contribution in [0.1, 0.15) is 42.5 Å². The largest absolute Gasteiger partial charge is 0.491 e. The fourth-order valence-electron chi connectivity index (χ4n) is 5.47. The summed E-state index contributed by atoms with van der Waals surface area (Å²) in [6.45, 7) is 0.533. The summed E-state index contributed by atoms with van der Waals surface area (Å²) < 4.78 is 40.8. The van der Waals surface area contributed by atoms with Crippen LogP contribution in [-0.2, 0) is 9.92 Å². The van der Waals surface area contributed by atoms with E-state index in [1.165, 1.54) is 38.2 Å². The van der Waals surface area contributed by atoms with Crippen molar-refractivity contribution in [1.82, 2.24) is 4.72 Å². The molecule has 3 atom stereocenters. The van der Waals surface area contributed by atoms with E-state index >= 15 is 0 Å². The van der Waals surface area contributed by atoms with Crippen molar-refractivity contribution in [2.24, 2.45) is 23.2 Å². The van der Waals surface area contributed by atoms with Crippen molar-refractivity contribution < 1.29 is 18.1 Å². The average Bonchev–Trinajstić information content (AvgIpc) is 2.90. The topological polar surface area (TPSA) is 79.3 Å². The van der Waals surface area contributed by atoms with Gasteiger partial charge in [0, 0.05) is 17.7 Å². The molecule has 4 aliphatic rings. The number of nitrogens with one attached hydrogen (secondary N) is 2. The molecule has 4 bridgehead atoms. The molecular weight excluding hydrogens is 379 g/mol. The van der Waals surface area contributed by atoms with Crippen molar-refractivity contribution in [3.8, 4) is 5.75 Å². The van der Waals surface area contributed by atoms with Crippen LogP contribution in [0, 0.1) is 33.8 Å². The molecule has 5 rings (SSSR count). The predicted molar refractivity (Wildman–Crippen MR) is 97.1 cm³/mol. The molecule has 4 saturated carbocycles. The predicted octanol–water partition coefficient (Wildman–Crippen LogP) is 4.01. The molecule has 1 amide bonds. The molecule has 0 saturated heterocycles. The number of hydrogen-bond acceptors (Lipinski definition) is 4. The Bertz CT molecular complexity index is 859. The fraction of sp³-hybridized carbons (Fsp3) is 0.611. The van der Waals surface area contributed by atoms with Crippen LogP contribution >= 0.6 is 11.6 Å². The first-order valence-corrected chi connectivity index (χ1v) is 11.2. The van der Waals surface area contributed by atoms with Crippen LogP contribution in [0.4, 0.5) is 4.39 Å². The van der Waals surface area contributed by atoms with Gasteiger partial charge in [0.05, 0.1) is 17.2 Å². The summed E-state index contributed by atoms with van der Waals surface area (Å²) in [5.41, 5.74) is -0.147. The summed E-state index contributed by atoms with van der Waals surface area (Å²) >= 11 is 6.19. The smallest absolute Gasteiger partial charge is 0.266 e. The summed E-state index contributed by atoms with van der Waals surface area (Å²) in [6, 6.07) is 2.28. The van der Waals surface area contributed by atoms with Crippen LogP contribution in [0.3, 0.4) is 0 Å². The van der Waals surface area contributed by atoms with Crippen molar-refractivity contribution in [1.29, 1.82) is 4.78 Å². The van der Waals surface area contributed by atoms with Gasteiger partial charge < -0.3 is 4.74 Å². The highest BCUT2D eigenvalue weighted by Crippen LogP contribution is 2.65. The van der Waals surface area contributed by atoms with Gasteiger partial charge >= 0.3 is 0 Å². The first kappa shape index (κ1) is 18.0. The first-order chi connectivity index (χ1) is 12.2. The molecule has 8 heteroatoms. The van der Waals surface area contributed by atoms with Crippen LogP contribution in [0.5, 0.6) is 5.75 Å². The highest BCUT2D eigenvalue weighted by Gasteiger charge is 2.57. The van der Waals surface area contributed by atoms with Gasteiger partial charge in [-0.2, -0.15) is 0 Å². The van der Waals surface area contributed by atoms with E-state index in [0.717, 1.165) is 24.2 Å². The Labute approximate surface area is 157 Å². The Hall–Kier alpha value is -1.34. The maximum absolute atomic E-state index is 14.3. The second-order valence-corrected chi connectivity index (χ2v) is 10.5. The summed E-state index contributed by atoms with van der Waals surface area (Å²) in [4.78, 5) is 12.0. The SMILES string of the molecule is CS(=N)(=O)NC(=O)c1cc(Cl)c(OCC23CC4CC(CC2C4)C3)cc1F. The molecule has 2 N–H and O–H groups in total. The minimum Gasteiger partial charge on any atom is -0.491 e. The minimum atomic E-state index is -3.28. The third-order valence-electron chi connectivity index (χ3n) is 6.23. The van der Waals surface area contributed by atoms with E-state index in [1.807, 2.05) is 4.72 Å². The van der Waals surface area contributed by atoms with Gasteiger partial charge in [-0.05, 0) is 55.9 Å². The highest BCUT2D eigenvalue weighted by molar-refractivity contribution is 7.90. The summed E-state index contributed by atoms with van der Waals surface area (Å²) in [5.74, 6) is 0.814. The van der Waals surface area contributed by atoms with Crippen molar-refractivity contribution in [3.05, 3.63) is 28.5 Å². The molecule has 0 aliphatic heterocycles. The van der Waals surface area contributed by atoms with Gasteiger partial charge in [0.1, 0.15) is 21.5 Å². The van der Waals surface area contributed by atoms with E-state index < -0.39 is 21.6 Å². The van der Waals surface area contributed by atoms with Crippen LogP contribution in [0.15, 0.2) is 12.1 Å². The van der Waals surface area contributed by atoms with Gasteiger partial charge in [-0.15, -0.1) is 0 Å². The van der Waals surface area contributed by atoms with Gasteiger partial charge in [0.2, 0.25) is 0 Å². The number of benzene rings is 1. The van der Waals surface area contributed by atoms with Gasteiger partial charge in [-0.25, -0.2) is 13.4 Å². The van der Waals surface area contributed by atoms with E-state index in [1.54, 1.807) is 0 Å². The second kappa shape index (κ2) is 6.09. The molecule has 26 heavy (non-hydrogen) atoms. The number of rotatable bonds is 5. The van der Waals surface area contributed by atoms with Gasteiger partial charge in [0.25, 0.3) is 5.91 Å². The highest BCUT2D eigenvalue weighted by atomic mass is 35.5. The lowest BCUT2D eigenvalue weighted by Crippen LogP contribution is -2.30. The fourth-order valence-corrected chi connectivity index (χ4v) is 6.15. The van der Waals surface area contributed by atoms with Crippen molar-refractivity contribution in [2.75, 3.05) is 12.9 Å². The maximum atomic E-state index is 14.3. The molecule has 0 radical (unpaired) electrons. The number of amides is 1. The normalized spacial score (nSPS) is 33.9. The summed E-state index contributed by atoms with van der Waals surface area (Å²) in [5, 5.41) is 0.137. The van der Waals surface area contributed by atoms with Crippen molar-refractivity contribution >= 4 is 27.4 Å². The Morgan fingerprint density at radius 2 is 2.04 bits per heavy atom. The number of carbonyl (C=O) groups is 1. The molecule has 4 fully saturated rings. The van der Waals surface area contributed by atoms with Gasteiger partial charge in [-0.1, -0.05) is 11.6 Å². The van der Waals surface area contributed by atoms with Crippen LogP contribution in [0.25, 0.3) is 0 Å². The zero-order valence-electron chi connectivity index (χ0n) is 14.5. The van der Waals surface area contributed by atoms with Crippen molar-refractivity contribution in [3.63, 3.8) is 0 Å². The first-order valence-electron chi connectivity index (χ1n) is 8.83. The lowest BCUT2D eigenvalue weighted by atomic mass is 9.76. The quantitative estimate of drug-likeness (QED) is 0.783. The molecular formula is C18H22ClFN2O3S. The molecule has 1 aromatic carbocycles. The lowest BCUT2D eigenvalue weighted by Gasteiger charge is -2.32. The van der Waals surface area contributed by atoms with E-state index in [0.29, 0.717) is 12.5 Å². The standard InChI is InChI=1S/C18H22ClFN2O3S/c1-26(21,24)22-17(23)13-5-14(19)16(6-15(13)20)25-9-18-7-10-2-11(8-18)4-12(18)3-10/h5-6,10-12H,2-4,7-9H2,1H3,(H2,21,22,23,24). The number of carbonyl (C=O) groups excluding carboxylic acids is 1. The van der Waals surface area contributed by atoms with Crippen LogP contribution in [0.2, 0.25) is 5.02 Å². The molecule has 5 nitrogen and oxygen atoms in total. The molecule has 1 aromatic rings. The molecule has 142 valence electrons. The van der Waals surface area contributed by atoms with E-state index in [-0.39, 0.29) is 21.8 Å². The monoisotopic (exact) mass is 400 g/mol. The molecule has 0 heterocycles.